The molecule has 0 N–H and O–H groups in total. The van der Waals surface area contributed by atoms with Crippen molar-refractivity contribution < 1.29 is 8.92 Å². The molecular weight excluding hydrogens is 328 g/mol. The summed E-state index contributed by atoms with van der Waals surface area (Å²) in [6.45, 7) is 13.6. The normalized spacial score (nSPS) is 19.0. The van der Waals surface area contributed by atoms with Crippen molar-refractivity contribution in [1.82, 2.24) is 0 Å². The van der Waals surface area contributed by atoms with Gasteiger partial charge < -0.3 is 4.74 Å². The highest BCUT2D eigenvalue weighted by atomic mass is 32.2. The third-order valence-electron chi connectivity index (χ3n) is 5.02. The molecule has 0 heterocycles. The van der Waals surface area contributed by atoms with Gasteiger partial charge in [-0.3, -0.25) is 4.18 Å². The summed E-state index contributed by atoms with van der Waals surface area (Å²) in [6, 6.07) is 8.60. The Morgan fingerprint density at radius 2 is 1.56 bits per heavy atom. The van der Waals surface area contributed by atoms with Crippen molar-refractivity contribution in [2.75, 3.05) is 0 Å². The Morgan fingerprint density at radius 1 is 0.960 bits per heavy atom. The molecule has 142 valence electrons. The molecule has 1 aliphatic carbocycles. The standard InChI is InChI=1S/C22H36O2S/c1-16(2)21(22(4,5)6)18-12-14-19(15-13-18)23-17(3)24-25-20-10-8-7-9-11-20/h12-17,20-21H,7-11H2,1-6H3. The van der Waals surface area contributed by atoms with E-state index in [2.05, 4.69) is 58.9 Å². The predicted octanol–water partition coefficient (Wildman–Crippen LogP) is 7.19. The summed E-state index contributed by atoms with van der Waals surface area (Å²) in [5.74, 6) is 2.04. The van der Waals surface area contributed by atoms with E-state index in [0.717, 1.165) is 5.75 Å². The molecule has 25 heavy (non-hydrogen) atoms. The fourth-order valence-corrected chi connectivity index (χ4v) is 5.05. The molecule has 0 amide bonds. The lowest BCUT2D eigenvalue weighted by Gasteiger charge is -2.34. The SMILES string of the molecule is CC(OSC1CCCCC1)Oc1ccc(C(C(C)C)C(C)(C)C)cc1. The van der Waals surface area contributed by atoms with Gasteiger partial charge in [0, 0.05) is 5.25 Å². The van der Waals surface area contributed by atoms with Gasteiger partial charge in [-0.25, -0.2) is 0 Å². The van der Waals surface area contributed by atoms with Gasteiger partial charge in [-0.1, -0.05) is 66.0 Å². The van der Waals surface area contributed by atoms with Crippen molar-refractivity contribution in [1.29, 1.82) is 0 Å². The molecule has 2 unspecified atom stereocenters. The third-order valence-corrected chi connectivity index (χ3v) is 6.15. The highest BCUT2D eigenvalue weighted by molar-refractivity contribution is 7.95. The molecular formula is C22H36O2S. The molecule has 1 aromatic carbocycles. The first-order valence-electron chi connectivity index (χ1n) is 9.86. The summed E-state index contributed by atoms with van der Waals surface area (Å²) in [4.78, 5) is 0. The van der Waals surface area contributed by atoms with Gasteiger partial charge in [0.25, 0.3) is 0 Å². The first-order valence-corrected chi connectivity index (χ1v) is 10.7. The molecule has 0 aromatic heterocycles. The topological polar surface area (TPSA) is 18.5 Å². The lowest BCUT2D eigenvalue weighted by atomic mass is 9.70. The Labute approximate surface area is 159 Å². The first-order chi connectivity index (χ1) is 11.8. The van der Waals surface area contributed by atoms with Crippen LogP contribution in [0, 0.1) is 11.3 Å². The van der Waals surface area contributed by atoms with Crippen molar-refractivity contribution in [2.45, 2.75) is 91.1 Å². The molecule has 1 fully saturated rings. The molecule has 2 rings (SSSR count). The van der Waals surface area contributed by atoms with Crippen LogP contribution in [0.5, 0.6) is 5.75 Å². The van der Waals surface area contributed by atoms with Crippen LogP contribution in [0.3, 0.4) is 0 Å². The highest BCUT2D eigenvalue weighted by Gasteiger charge is 2.28. The summed E-state index contributed by atoms with van der Waals surface area (Å²) >= 11 is 1.62. The average molecular weight is 365 g/mol. The second-order valence-corrected chi connectivity index (χ2v) is 9.85. The van der Waals surface area contributed by atoms with Crippen LogP contribution in [0.2, 0.25) is 0 Å². The largest absolute Gasteiger partial charge is 0.464 e. The molecule has 0 aliphatic heterocycles. The zero-order valence-electron chi connectivity index (χ0n) is 16.9. The Morgan fingerprint density at radius 3 is 2.08 bits per heavy atom. The summed E-state index contributed by atoms with van der Waals surface area (Å²) in [5, 5.41) is 0.640. The van der Waals surface area contributed by atoms with Crippen molar-refractivity contribution in [3.8, 4) is 5.75 Å². The summed E-state index contributed by atoms with van der Waals surface area (Å²) in [5.41, 5.74) is 1.64. The molecule has 2 atom stereocenters. The van der Waals surface area contributed by atoms with Crippen molar-refractivity contribution >= 4 is 12.0 Å². The van der Waals surface area contributed by atoms with E-state index in [4.69, 9.17) is 8.92 Å². The van der Waals surface area contributed by atoms with Gasteiger partial charge in [-0.15, -0.1) is 0 Å². The summed E-state index contributed by atoms with van der Waals surface area (Å²) in [7, 11) is 0. The van der Waals surface area contributed by atoms with E-state index >= 15 is 0 Å². The van der Waals surface area contributed by atoms with E-state index < -0.39 is 0 Å². The van der Waals surface area contributed by atoms with Gasteiger partial charge in [-0.2, -0.15) is 0 Å². The van der Waals surface area contributed by atoms with Crippen molar-refractivity contribution in [3.63, 3.8) is 0 Å². The average Bonchev–Trinajstić information content (AvgIpc) is 2.54. The molecule has 2 nitrogen and oxygen atoms in total. The molecule has 1 aliphatic rings. The van der Waals surface area contributed by atoms with E-state index in [1.807, 2.05) is 6.92 Å². The number of hydrogen-bond acceptors (Lipinski definition) is 3. The zero-order valence-corrected chi connectivity index (χ0v) is 17.7. The van der Waals surface area contributed by atoms with E-state index in [1.54, 1.807) is 12.0 Å². The van der Waals surface area contributed by atoms with E-state index in [-0.39, 0.29) is 11.7 Å². The van der Waals surface area contributed by atoms with E-state index in [1.165, 1.54) is 37.7 Å². The maximum Gasteiger partial charge on any atom is 0.209 e. The van der Waals surface area contributed by atoms with Crippen LogP contribution in [0.1, 0.15) is 85.1 Å². The molecule has 1 saturated carbocycles. The van der Waals surface area contributed by atoms with Gasteiger partial charge in [0.05, 0.1) is 0 Å². The summed E-state index contributed by atoms with van der Waals surface area (Å²) < 4.78 is 11.8. The fourth-order valence-electron chi connectivity index (χ4n) is 4.17. The fraction of sp³-hybridized carbons (Fsp3) is 0.727. The molecule has 1 aromatic rings. The molecule has 0 spiro atoms. The molecule has 0 radical (unpaired) electrons. The number of rotatable bonds is 7. The minimum absolute atomic E-state index is 0.221. The van der Waals surface area contributed by atoms with Crippen LogP contribution < -0.4 is 4.74 Å². The summed E-state index contributed by atoms with van der Waals surface area (Å²) in [6.07, 6.45) is 6.37. The van der Waals surface area contributed by atoms with Crippen LogP contribution in [0.25, 0.3) is 0 Å². The number of benzene rings is 1. The van der Waals surface area contributed by atoms with Gasteiger partial charge >= 0.3 is 0 Å². The van der Waals surface area contributed by atoms with Gasteiger partial charge in [0.1, 0.15) is 5.75 Å². The maximum atomic E-state index is 5.94. The highest BCUT2D eigenvalue weighted by Crippen LogP contribution is 2.41. The van der Waals surface area contributed by atoms with Crippen LogP contribution >= 0.6 is 12.0 Å². The minimum atomic E-state index is -0.221. The number of ether oxygens (including phenoxy) is 1. The quantitative estimate of drug-likeness (QED) is 0.376. The number of hydrogen-bond donors (Lipinski definition) is 0. The molecule has 3 heteroatoms. The predicted molar refractivity (Wildman–Crippen MR) is 109 cm³/mol. The molecule has 0 bridgehead atoms. The molecule has 0 saturated heterocycles. The Hall–Kier alpha value is -0.670. The zero-order chi connectivity index (χ0) is 18.4. The van der Waals surface area contributed by atoms with E-state index in [0.29, 0.717) is 17.1 Å². The van der Waals surface area contributed by atoms with Crippen molar-refractivity contribution in [2.24, 2.45) is 11.3 Å². The second-order valence-electron chi connectivity index (χ2n) is 8.79. The first kappa shape index (κ1) is 20.6. The Kier molecular flexibility index (Phi) is 7.69. The van der Waals surface area contributed by atoms with Gasteiger partial charge in [-0.05, 0) is 66.8 Å². The minimum Gasteiger partial charge on any atom is -0.464 e. The lowest BCUT2D eigenvalue weighted by molar-refractivity contribution is 0.0393. The third kappa shape index (κ3) is 6.53. The van der Waals surface area contributed by atoms with Gasteiger partial charge in [0.15, 0.2) is 0 Å². The Balaban J connectivity index is 1.88. The van der Waals surface area contributed by atoms with Crippen LogP contribution in [-0.2, 0) is 4.18 Å². The van der Waals surface area contributed by atoms with E-state index in [9.17, 15) is 0 Å². The Bertz CT molecular complexity index is 498. The second kappa shape index (κ2) is 9.32. The monoisotopic (exact) mass is 364 g/mol. The smallest absolute Gasteiger partial charge is 0.209 e. The van der Waals surface area contributed by atoms with Crippen LogP contribution in [0.15, 0.2) is 24.3 Å². The maximum absolute atomic E-state index is 5.94. The van der Waals surface area contributed by atoms with Crippen LogP contribution in [-0.4, -0.2) is 11.5 Å². The van der Waals surface area contributed by atoms with Crippen molar-refractivity contribution in [3.05, 3.63) is 29.8 Å². The lowest BCUT2D eigenvalue weighted by Crippen LogP contribution is -2.23. The van der Waals surface area contributed by atoms with Crippen LogP contribution in [0.4, 0.5) is 0 Å². The van der Waals surface area contributed by atoms with Gasteiger partial charge in [0.2, 0.25) is 6.29 Å².